The first-order valence-electron chi connectivity index (χ1n) is 2.83. The Morgan fingerprint density at radius 2 is 2.00 bits per heavy atom. The third-order valence-corrected chi connectivity index (χ3v) is 1.45. The molecule has 0 aliphatic heterocycles. The Balaban J connectivity index is 3.25. The van der Waals surface area contributed by atoms with Gasteiger partial charge in [0.2, 0.25) is 0 Å². The minimum Gasteiger partial charge on any atom is -0.492 e. The predicted octanol–water partition coefficient (Wildman–Crippen LogP) is 2.63. The van der Waals surface area contributed by atoms with Crippen molar-refractivity contribution in [2.45, 2.75) is 0 Å². The summed E-state index contributed by atoms with van der Waals surface area (Å²) in [6, 6.07) is 1.70. The fourth-order valence-electron chi connectivity index (χ4n) is 0.724. The molecule has 11 heavy (non-hydrogen) atoms. The lowest BCUT2D eigenvalue weighted by atomic mass is 10.3. The van der Waals surface area contributed by atoms with E-state index in [1.807, 2.05) is 0 Å². The number of hydrogen-bond donors (Lipinski definition) is 0. The van der Waals surface area contributed by atoms with Gasteiger partial charge in [-0.1, -0.05) is 11.6 Å². The van der Waals surface area contributed by atoms with Crippen LogP contribution >= 0.6 is 11.6 Å². The van der Waals surface area contributed by atoms with Crippen LogP contribution in [0.5, 0.6) is 5.75 Å². The molecule has 0 N–H and O–H groups in total. The zero-order chi connectivity index (χ0) is 8.43. The van der Waals surface area contributed by atoms with E-state index in [2.05, 4.69) is 4.74 Å². The molecule has 0 heterocycles. The van der Waals surface area contributed by atoms with Crippen LogP contribution in [0, 0.1) is 11.6 Å². The van der Waals surface area contributed by atoms with Crippen LogP contribution < -0.4 is 4.74 Å². The fourth-order valence-corrected chi connectivity index (χ4v) is 0.996. The average Bonchev–Trinajstić information content (AvgIpc) is 1.85. The van der Waals surface area contributed by atoms with Gasteiger partial charge in [0.25, 0.3) is 0 Å². The molecule has 0 bridgehead atoms. The zero-order valence-electron chi connectivity index (χ0n) is 5.70. The van der Waals surface area contributed by atoms with E-state index < -0.39 is 11.6 Å². The van der Waals surface area contributed by atoms with Crippen molar-refractivity contribution in [3.8, 4) is 5.75 Å². The highest BCUT2D eigenvalue weighted by Gasteiger charge is 2.08. The van der Waals surface area contributed by atoms with Crippen LogP contribution in [0.25, 0.3) is 0 Å². The summed E-state index contributed by atoms with van der Waals surface area (Å²) in [7, 11) is 1.27. The molecule has 0 atom stereocenters. The van der Waals surface area contributed by atoms with Gasteiger partial charge in [0.15, 0.2) is 11.6 Å². The molecule has 4 heteroatoms. The predicted molar refractivity (Wildman–Crippen MR) is 37.9 cm³/mol. The highest BCUT2D eigenvalue weighted by Crippen LogP contribution is 2.27. The number of ether oxygens (including phenoxy) is 1. The smallest absolute Gasteiger partial charge is 0.173 e. The zero-order valence-corrected chi connectivity index (χ0v) is 6.45. The van der Waals surface area contributed by atoms with Crippen molar-refractivity contribution < 1.29 is 13.5 Å². The molecular weight excluding hydrogens is 174 g/mol. The monoisotopic (exact) mass is 178 g/mol. The lowest BCUT2D eigenvalue weighted by Crippen LogP contribution is -1.90. The first-order valence-corrected chi connectivity index (χ1v) is 3.21. The summed E-state index contributed by atoms with van der Waals surface area (Å²) in [5.41, 5.74) is 0. The van der Waals surface area contributed by atoms with Crippen LogP contribution in [0.1, 0.15) is 0 Å². The van der Waals surface area contributed by atoms with Gasteiger partial charge in [-0.25, -0.2) is 8.78 Å². The van der Waals surface area contributed by atoms with Gasteiger partial charge in [-0.2, -0.15) is 0 Å². The van der Waals surface area contributed by atoms with Crippen molar-refractivity contribution in [3.63, 3.8) is 0 Å². The number of halogens is 3. The second-order valence-corrected chi connectivity index (χ2v) is 2.31. The van der Waals surface area contributed by atoms with Gasteiger partial charge in [-0.05, 0) is 6.07 Å². The highest BCUT2D eigenvalue weighted by atomic mass is 35.5. The maximum Gasteiger partial charge on any atom is 0.173 e. The first kappa shape index (κ1) is 8.27. The topological polar surface area (TPSA) is 9.23 Å². The van der Waals surface area contributed by atoms with Crippen molar-refractivity contribution in [1.82, 2.24) is 0 Å². The summed E-state index contributed by atoms with van der Waals surface area (Å²) in [5, 5.41) is -0.0648. The molecule has 1 rings (SSSR count). The van der Waals surface area contributed by atoms with E-state index in [4.69, 9.17) is 11.6 Å². The van der Waals surface area contributed by atoms with Gasteiger partial charge in [0.05, 0.1) is 12.1 Å². The van der Waals surface area contributed by atoms with Crippen LogP contribution in [0.3, 0.4) is 0 Å². The molecule has 0 saturated heterocycles. The Bertz CT molecular complexity index is 252. The lowest BCUT2D eigenvalue weighted by Gasteiger charge is -2.02. The summed E-state index contributed by atoms with van der Waals surface area (Å²) >= 11 is 5.43. The van der Waals surface area contributed by atoms with E-state index in [1.54, 1.807) is 0 Å². The van der Waals surface area contributed by atoms with Crippen LogP contribution in [-0.2, 0) is 0 Å². The number of hydrogen-bond acceptors (Lipinski definition) is 1. The Kier molecular flexibility index (Phi) is 2.29. The molecule has 0 spiro atoms. The minimum atomic E-state index is -0.794. The van der Waals surface area contributed by atoms with Crippen molar-refractivity contribution in [1.29, 1.82) is 0 Å². The van der Waals surface area contributed by atoms with Gasteiger partial charge in [0.1, 0.15) is 5.82 Å². The second-order valence-electron chi connectivity index (χ2n) is 1.90. The van der Waals surface area contributed by atoms with Gasteiger partial charge < -0.3 is 4.74 Å². The summed E-state index contributed by atoms with van der Waals surface area (Å²) in [5.74, 6) is -1.64. The van der Waals surface area contributed by atoms with E-state index >= 15 is 0 Å². The van der Waals surface area contributed by atoms with Gasteiger partial charge in [-0.15, -0.1) is 0 Å². The standard InChI is InChI=1S/C7H5ClF2O/c1-11-7-5(8)2-4(9)3-6(7)10/h2-3H,1H3. The van der Waals surface area contributed by atoms with Gasteiger partial charge in [-0.3, -0.25) is 0 Å². The Hall–Kier alpha value is -0.830. The number of benzene rings is 1. The number of methoxy groups -OCH3 is 1. The molecule has 0 aliphatic rings. The molecule has 0 fully saturated rings. The van der Waals surface area contributed by atoms with Crippen molar-refractivity contribution in [2.75, 3.05) is 7.11 Å². The molecule has 1 nitrogen and oxygen atoms in total. The highest BCUT2D eigenvalue weighted by molar-refractivity contribution is 6.32. The third kappa shape index (κ3) is 1.60. The van der Waals surface area contributed by atoms with Crippen LogP contribution in [-0.4, -0.2) is 7.11 Å². The molecule has 0 amide bonds. The lowest BCUT2D eigenvalue weighted by molar-refractivity contribution is 0.384. The van der Waals surface area contributed by atoms with Crippen molar-refractivity contribution in [2.24, 2.45) is 0 Å². The summed E-state index contributed by atoms with van der Waals surface area (Å²) in [4.78, 5) is 0. The molecular formula is C7H5ClF2O. The van der Waals surface area contributed by atoms with E-state index in [0.29, 0.717) is 6.07 Å². The van der Waals surface area contributed by atoms with Crippen LogP contribution in [0.4, 0.5) is 8.78 Å². The average molecular weight is 179 g/mol. The molecule has 60 valence electrons. The van der Waals surface area contributed by atoms with Gasteiger partial charge >= 0.3 is 0 Å². The summed E-state index contributed by atoms with van der Waals surface area (Å²) < 4.78 is 29.6. The first-order chi connectivity index (χ1) is 5.15. The molecule has 1 aromatic carbocycles. The Morgan fingerprint density at radius 1 is 1.36 bits per heavy atom. The molecule has 0 aromatic heterocycles. The van der Waals surface area contributed by atoms with E-state index in [0.717, 1.165) is 6.07 Å². The van der Waals surface area contributed by atoms with E-state index in [1.165, 1.54) is 7.11 Å². The maximum absolute atomic E-state index is 12.7. The second kappa shape index (κ2) is 3.05. The number of rotatable bonds is 1. The molecule has 0 radical (unpaired) electrons. The van der Waals surface area contributed by atoms with Crippen molar-refractivity contribution in [3.05, 3.63) is 28.8 Å². The maximum atomic E-state index is 12.7. The van der Waals surface area contributed by atoms with E-state index in [-0.39, 0.29) is 10.8 Å². The van der Waals surface area contributed by atoms with Crippen LogP contribution in [0.15, 0.2) is 12.1 Å². The normalized spacial score (nSPS) is 9.82. The van der Waals surface area contributed by atoms with Crippen LogP contribution in [0.2, 0.25) is 5.02 Å². The Morgan fingerprint density at radius 3 is 2.45 bits per heavy atom. The molecule has 0 unspecified atom stereocenters. The Labute approximate surface area is 67.5 Å². The summed E-state index contributed by atoms with van der Waals surface area (Å²) in [6.07, 6.45) is 0. The third-order valence-electron chi connectivity index (χ3n) is 1.17. The SMILES string of the molecule is COc1c(F)cc(F)cc1Cl. The fraction of sp³-hybridized carbons (Fsp3) is 0.143. The molecule has 0 aliphatic carbocycles. The quantitative estimate of drug-likeness (QED) is 0.643. The summed E-state index contributed by atoms with van der Waals surface area (Å²) in [6.45, 7) is 0. The molecule has 1 aromatic rings. The largest absolute Gasteiger partial charge is 0.492 e. The van der Waals surface area contributed by atoms with Crippen molar-refractivity contribution >= 4 is 11.6 Å². The van der Waals surface area contributed by atoms with Gasteiger partial charge in [0, 0.05) is 6.07 Å². The van der Waals surface area contributed by atoms with E-state index in [9.17, 15) is 8.78 Å². The minimum absolute atomic E-state index is 0.0648. The molecule has 0 saturated carbocycles.